The number of nitrogens with zero attached hydrogens (tertiary/aromatic N) is 1. The maximum absolute atomic E-state index is 5.31. The standard InChI is InChI=1S/C5H11N3/c6-2-1-5-3-7-4-8-5/h4-5H,1-3,6H2,(H,7,8). The molecule has 1 aliphatic rings. The lowest BCUT2D eigenvalue weighted by atomic mass is 10.2. The topological polar surface area (TPSA) is 50.4 Å². The second kappa shape index (κ2) is 2.67. The van der Waals surface area contributed by atoms with Crippen molar-refractivity contribution in [3.63, 3.8) is 0 Å². The van der Waals surface area contributed by atoms with Crippen LogP contribution in [0.5, 0.6) is 0 Å². The molecule has 0 aliphatic carbocycles. The molecule has 0 saturated heterocycles. The first-order chi connectivity index (χ1) is 3.93. The summed E-state index contributed by atoms with van der Waals surface area (Å²) in [5.74, 6) is 0. The van der Waals surface area contributed by atoms with E-state index in [-0.39, 0.29) is 0 Å². The molecule has 1 aliphatic heterocycles. The van der Waals surface area contributed by atoms with Crippen LogP contribution < -0.4 is 11.1 Å². The van der Waals surface area contributed by atoms with Crippen LogP contribution in [0.2, 0.25) is 0 Å². The van der Waals surface area contributed by atoms with Gasteiger partial charge in [-0.15, -0.1) is 0 Å². The fourth-order valence-corrected chi connectivity index (χ4v) is 0.767. The quantitative estimate of drug-likeness (QED) is 0.499. The van der Waals surface area contributed by atoms with E-state index in [0.717, 1.165) is 19.5 Å². The maximum Gasteiger partial charge on any atom is 0.0827 e. The van der Waals surface area contributed by atoms with Crippen molar-refractivity contribution >= 4 is 6.34 Å². The van der Waals surface area contributed by atoms with E-state index in [1.165, 1.54) is 0 Å². The van der Waals surface area contributed by atoms with Crippen molar-refractivity contribution in [1.82, 2.24) is 5.32 Å². The normalized spacial score (nSPS) is 25.9. The van der Waals surface area contributed by atoms with Crippen molar-refractivity contribution in [3.05, 3.63) is 0 Å². The second-order valence-corrected chi connectivity index (χ2v) is 1.94. The van der Waals surface area contributed by atoms with E-state index < -0.39 is 0 Å². The number of nitrogens with one attached hydrogen (secondary N) is 1. The van der Waals surface area contributed by atoms with E-state index in [0.29, 0.717) is 6.04 Å². The Morgan fingerprint density at radius 2 is 2.75 bits per heavy atom. The predicted molar refractivity (Wildman–Crippen MR) is 34.0 cm³/mol. The fourth-order valence-electron chi connectivity index (χ4n) is 0.767. The van der Waals surface area contributed by atoms with Crippen LogP contribution in [0.1, 0.15) is 6.42 Å². The summed E-state index contributed by atoms with van der Waals surface area (Å²) in [5, 5.41) is 3.09. The smallest absolute Gasteiger partial charge is 0.0827 e. The third-order valence-corrected chi connectivity index (χ3v) is 1.24. The van der Waals surface area contributed by atoms with Crippen LogP contribution in [0.25, 0.3) is 0 Å². The Balaban J connectivity index is 2.10. The SMILES string of the molecule is NCCC1CN=CN1. The van der Waals surface area contributed by atoms with Crippen LogP contribution >= 0.6 is 0 Å². The van der Waals surface area contributed by atoms with Gasteiger partial charge in [-0.05, 0) is 13.0 Å². The van der Waals surface area contributed by atoms with Crippen molar-refractivity contribution in [2.24, 2.45) is 10.7 Å². The van der Waals surface area contributed by atoms with Gasteiger partial charge >= 0.3 is 0 Å². The zero-order valence-electron chi connectivity index (χ0n) is 4.80. The molecule has 0 radical (unpaired) electrons. The highest BCUT2D eigenvalue weighted by molar-refractivity contribution is 5.57. The van der Waals surface area contributed by atoms with Crippen LogP contribution in [-0.2, 0) is 0 Å². The van der Waals surface area contributed by atoms with Crippen LogP contribution in [0.4, 0.5) is 0 Å². The number of hydrogen-bond acceptors (Lipinski definition) is 3. The van der Waals surface area contributed by atoms with Crippen molar-refractivity contribution in [2.45, 2.75) is 12.5 Å². The lowest BCUT2D eigenvalue weighted by Gasteiger charge is -2.04. The Morgan fingerprint density at radius 3 is 3.25 bits per heavy atom. The molecule has 3 N–H and O–H groups in total. The summed E-state index contributed by atoms with van der Waals surface area (Å²) in [6.45, 7) is 1.65. The van der Waals surface area contributed by atoms with Crippen molar-refractivity contribution in [3.8, 4) is 0 Å². The summed E-state index contributed by atoms with van der Waals surface area (Å²) in [6, 6.07) is 0.514. The monoisotopic (exact) mass is 113 g/mol. The number of hydrogen-bond donors (Lipinski definition) is 2. The second-order valence-electron chi connectivity index (χ2n) is 1.94. The average Bonchev–Trinajstić information content (AvgIpc) is 2.19. The zero-order chi connectivity index (χ0) is 5.82. The number of rotatable bonds is 2. The predicted octanol–water partition coefficient (Wildman–Crippen LogP) is -0.665. The molecule has 0 aromatic carbocycles. The van der Waals surface area contributed by atoms with Gasteiger partial charge in [0.15, 0.2) is 0 Å². The lowest BCUT2D eigenvalue weighted by molar-refractivity contribution is 0.612. The molecule has 0 aromatic rings. The van der Waals surface area contributed by atoms with Gasteiger partial charge in [-0.3, -0.25) is 4.99 Å². The van der Waals surface area contributed by atoms with Crippen LogP contribution in [0.15, 0.2) is 4.99 Å². The molecule has 1 atom stereocenters. The molecule has 3 heteroatoms. The molecular weight excluding hydrogens is 102 g/mol. The first-order valence-electron chi connectivity index (χ1n) is 2.88. The maximum atomic E-state index is 5.31. The lowest BCUT2D eigenvalue weighted by Crippen LogP contribution is -2.27. The summed E-state index contributed by atoms with van der Waals surface area (Å²) < 4.78 is 0. The Hall–Kier alpha value is -0.570. The van der Waals surface area contributed by atoms with Gasteiger partial charge in [0.2, 0.25) is 0 Å². The molecule has 0 amide bonds. The van der Waals surface area contributed by atoms with E-state index in [1.54, 1.807) is 6.34 Å². The molecule has 1 rings (SSSR count). The zero-order valence-corrected chi connectivity index (χ0v) is 4.80. The highest BCUT2D eigenvalue weighted by atomic mass is 15.1. The van der Waals surface area contributed by atoms with Gasteiger partial charge in [-0.2, -0.15) is 0 Å². The first-order valence-corrected chi connectivity index (χ1v) is 2.88. The van der Waals surface area contributed by atoms with Crippen molar-refractivity contribution < 1.29 is 0 Å². The minimum Gasteiger partial charge on any atom is -0.372 e. The van der Waals surface area contributed by atoms with Crippen LogP contribution in [0.3, 0.4) is 0 Å². The highest BCUT2D eigenvalue weighted by Crippen LogP contribution is 1.93. The molecule has 0 bridgehead atoms. The number of aliphatic imine (C=N–C) groups is 1. The average molecular weight is 113 g/mol. The molecule has 1 unspecified atom stereocenters. The van der Waals surface area contributed by atoms with E-state index >= 15 is 0 Å². The minimum absolute atomic E-state index is 0.514. The van der Waals surface area contributed by atoms with Crippen LogP contribution in [0, 0.1) is 0 Å². The molecule has 1 heterocycles. The molecule has 0 spiro atoms. The van der Waals surface area contributed by atoms with Crippen LogP contribution in [-0.4, -0.2) is 25.5 Å². The molecule has 46 valence electrons. The van der Waals surface area contributed by atoms with Gasteiger partial charge in [-0.1, -0.05) is 0 Å². The summed E-state index contributed by atoms with van der Waals surface area (Å²) in [4.78, 5) is 3.99. The Kier molecular flexibility index (Phi) is 1.86. The summed E-state index contributed by atoms with van der Waals surface area (Å²) in [6.07, 6.45) is 2.78. The van der Waals surface area contributed by atoms with Gasteiger partial charge in [0.05, 0.1) is 12.9 Å². The molecule has 0 saturated carbocycles. The van der Waals surface area contributed by atoms with Crippen molar-refractivity contribution in [1.29, 1.82) is 0 Å². The fraction of sp³-hybridized carbons (Fsp3) is 0.800. The van der Waals surface area contributed by atoms with E-state index in [4.69, 9.17) is 5.73 Å². The van der Waals surface area contributed by atoms with Gasteiger partial charge in [0.1, 0.15) is 0 Å². The molecule has 3 nitrogen and oxygen atoms in total. The molecule has 0 aromatic heterocycles. The third kappa shape index (κ3) is 1.20. The van der Waals surface area contributed by atoms with E-state index in [1.807, 2.05) is 0 Å². The van der Waals surface area contributed by atoms with Gasteiger partial charge in [0, 0.05) is 6.04 Å². The van der Waals surface area contributed by atoms with Gasteiger partial charge in [-0.25, -0.2) is 0 Å². The third-order valence-electron chi connectivity index (χ3n) is 1.24. The van der Waals surface area contributed by atoms with Crippen molar-refractivity contribution in [2.75, 3.05) is 13.1 Å². The summed E-state index contributed by atoms with van der Waals surface area (Å²) in [7, 11) is 0. The Labute approximate surface area is 49.0 Å². The van der Waals surface area contributed by atoms with E-state index in [9.17, 15) is 0 Å². The molecule has 0 fully saturated rings. The Morgan fingerprint density at radius 1 is 1.88 bits per heavy atom. The summed E-state index contributed by atoms with van der Waals surface area (Å²) >= 11 is 0. The Bertz CT molecular complexity index is 81.7. The van der Waals surface area contributed by atoms with E-state index in [2.05, 4.69) is 10.3 Å². The first kappa shape index (κ1) is 5.56. The minimum atomic E-state index is 0.514. The molecular formula is C5H11N3. The number of nitrogens with two attached hydrogens (primary N) is 1. The highest BCUT2D eigenvalue weighted by Gasteiger charge is 2.06. The largest absolute Gasteiger partial charge is 0.372 e. The summed E-state index contributed by atoms with van der Waals surface area (Å²) in [5.41, 5.74) is 5.31. The molecule has 8 heavy (non-hydrogen) atoms. The van der Waals surface area contributed by atoms with Gasteiger partial charge < -0.3 is 11.1 Å². The van der Waals surface area contributed by atoms with Gasteiger partial charge in [0.25, 0.3) is 0 Å².